The molecule has 0 spiro atoms. The van der Waals surface area contributed by atoms with Crippen LogP contribution in [0.3, 0.4) is 0 Å². The summed E-state index contributed by atoms with van der Waals surface area (Å²) in [6.45, 7) is 13.6. The molecule has 0 radical (unpaired) electrons. The number of hydrogen-bond acceptors (Lipinski definition) is 7. The minimum atomic E-state index is -1.07. The Labute approximate surface area is 216 Å². The molecule has 0 saturated heterocycles. The van der Waals surface area contributed by atoms with Crippen molar-refractivity contribution in [3.8, 4) is 5.75 Å². The van der Waals surface area contributed by atoms with Crippen molar-refractivity contribution in [2.45, 2.75) is 47.6 Å². The van der Waals surface area contributed by atoms with Crippen molar-refractivity contribution in [3.63, 3.8) is 0 Å². The van der Waals surface area contributed by atoms with Gasteiger partial charge >= 0.3 is 11.9 Å². The Morgan fingerprint density at radius 1 is 1.16 bits per heavy atom. The summed E-state index contributed by atoms with van der Waals surface area (Å²) in [6.07, 6.45) is 0.616. The van der Waals surface area contributed by atoms with Crippen LogP contribution in [0.5, 0.6) is 5.75 Å². The number of amides is 2. The number of aryl methyl sites for hydroxylation is 1. The van der Waals surface area contributed by atoms with Crippen LogP contribution in [0, 0.1) is 13.8 Å². The predicted molar refractivity (Wildman–Crippen MR) is 140 cm³/mol. The third-order valence-corrected chi connectivity index (χ3v) is 6.27. The first-order valence-corrected chi connectivity index (χ1v) is 12.3. The molecule has 1 aliphatic rings. The average molecular weight is 511 g/mol. The lowest BCUT2D eigenvalue weighted by Crippen LogP contribution is -2.35. The minimum Gasteiger partial charge on any atom is -0.451 e. The van der Waals surface area contributed by atoms with Gasteiger partial charge in [-0.1, -0.05) is 13.8 Å². The second kappa shape index (κ2) is 11.9. The molecule has 37 heavy (non-hydrogen) atoms. The maximum Gasteiger partial charge on any atom is 0.352 e. The molecule has 10 heteroatoms. The van der Waals surface area contributed by atoms with Gasteiger partial charge in [-0.3, -0.25) is 14.4 Å². The number of nitrogens with zero attached hydrogens (tertiary/aromatic N) is 1. The largest absolute Gasteiger partial charge is 0.451 e. The molecular weight excluding hydrogens is 476 g/mol. The van der Waals surface area contributed by atoms with Crippen LogP contribution in [0.1, 0.15) is 60.6 Å². The highest BCUT2D eigenvalue weighted by molar-refractivity contribution is 6.35. The molecule has 0 aliphatic carbocycles. The fraction of sp³-hybridized carbons (Fsp3) is 0.407. The summed E-state index contributed by atoms with van der Waals surface area (Å²) in [7, 11) is 0. The number of benzene rings is 1. The van der Waals surface area contributed by atoms with E-state index in [1.165, 1.54) is 13.8 Å². The van der Waals surface area contributed by atoms with Crippen LogP contribution >= 0.6 is 0 Å². The lowest BCUT2D eigenvalue weighted by atomic mass is 10.0. The summed E-state index contributed by atoms with van der Waals surface area (Å²) in [4.78, 5) is 54.4. The fourth-order valence-electron chi connectivity index (χ4n) is 4.23. The van der Waals surface area contributed by atoms with Crippen LogP contribution in [0.4, 0.5) is 5.69 Å². The van der Waals surface area contributed by atoms with Crippen LogP contribution in [0.15, 0.2) is 18.2 Å². The van der Waals surface area contributed by atoms with Crippen molar-refractivity contribution in [1.29, 1.82) is 0 Å². The van der Waals surface area contributed by atoms with Crippen molar-refractivity contribution in [3.05, 3.63) is 46.3 Å². The van der Waals surface area contributed by atoms with Gasteiger partial charge in [-0.25, -0.2) is 4.79 Å². The SMILES string of the molecule is CCN(CC)CCNC(=O)c1c(C)[nH]c(/C=C2\C(=O)Nc3ccc(OC(=O)C(C)OC(C)=O)cc32)c1C. The zero-order chi connectivity index (χ0) is 27.3. The summed E-state index contributed by atoms with van der Waals surface area (Å²) in [5.74, 6) is -1.60. The highest BCUT2D eigenvalue weighted by atomic mass is 16.6. The van der Waals surface area contributed by atoms with Gasteiger partial charge in [0.2, 0.25) is 0 Å². The first-order valence-electron chi connectivity index (χ1n) is 12.3. The summed E-state index contributed by atoms with van der Waals surface area (Å²) in [5.41, 5.74) is 4.09. The van der Waals surface area contributed by atoms with Crippen LogP contribution in [0.2, 0.25) is 0 Å². The normalized spacial score (nSPS) is 14.4. The third kappa shape index (κ3) is 6.45. The Kier molecular flexibility index (Phi) is 8.88. The van der Waals surface area contributed by atoms with E-state index in [1.54, 1.807) is 24.3 Å². The topological polar surface area (TPSA) is 130 Å². The van der Waals surface area contributed by atoms with E-state index in [-0.39, 0.29) is 17.6 Å². The number of hydrogen-bond donors (Lipinski definition) is 3. The molecule has 1 aliphatic heterocycles. The van der Waals surface area contributed by atoms with E-state index in [2.05, 4.69) is 34.4 Å². The van der Waals surface area contributed by atoms with Crippen molar-refractivity contribution in [2.75, 3.05) is 31.5 Å². The number of rotatable bonds is 10. The van der Waals surface area contributed by atoms with Crippen LogP contribution in [-0.4, -0.2) is 65.9 Å². The van der Waals surface area contributed by atoms with Gasteiger partial charge in [0.25, 0.3) is 11.8 Å². The second-order valence-corrected chi connectivity index (χ2v) is 8.84. The number of nitrogens with one attached hydrogen (secondary N) is 3. The van der Waals surface area contributed by atoms with Gasteiger partial charge in [0.05, 0.1) is 11.1 Å². The Bertz CT molecular complexity index is 1240. The summed E-state index contributed by atoms with van der Waals surface area (Å²) in [6, 6.07) is 4.75. The second-order valence-electron chi connectivity index (χ2n) is 8.84. The molecule has 1 atom stereocenters. The minimum absolute atomic E-state index is 0.171. The average Bonchev–Trinajstić information content (AvgIpc) is 3.30. The van der Waals surface area contributed by atoms with E-state index in [1.807, 2.05) is 13.8 Å². The van der Waals surface area contributed by atoms with Crippen molar-refractivity contribution < 1.29 is 28.7 Å². The summed E-state index contributed by atoms with van der Waals surface area (Å²) in [5, 5.41) is 5.77. The van der Waals surface area contributed by atoms with E-state index >= 15 is 0 Å². The van der Waals surface area contributed by atoms with Gasteiger partial charge in [0, 0.05) is 42.7 Å². The molecule has 1 unspecified atom stereocenters. The zero-order valence-corrected chi connectivity index (χ0v) is 22.1. The number of fused-ring (bicyclic) bond motifs is 1. The lowest BCUT2D eigenvalue weighted by Gasteiger charge is -2.18. The number of carbonyl (C=O) groups excluding carboxylic acids is 4. The fourth-order valence-corrected chi connectivity index (χ4v) is 4.23. The number of carbonyl (C=O) groups is 4. The molecule has 10 nitrogen and oxygen atoms in total. The lowest BCUT2D eigenvalue weighted by molar-refractivity contribution is -0.159. The number of anilines is 1. The first kappa shape index (κ1) is 27.7. The Hall–Kier alpha value is -3.92. The van der Waals surface area contributed by atoms with Crippen LogP contribution < -0.4 is 15.4 Å². The summed E-state index contributed by atoms with van der Waals surface area (Å²) < 4.78 is 10.2. The van der Waals surface area contributed by atoms with Gasteiger partial charge in [-0.05, 0) is 63.7 Å². The third-order valence-electron chi connectivity index (χ3n) is 6.27. The molecule has 2 amide bonds. The van der Waals surface area contributed by atoms with E-state index in [4.69, 9.17) is 9.47 Å². The zero-order valence-electron chi connectivity index (χ0n) is 22.1. The molecule has 0 saturated carbocycles. The monoisotopic (exact) mass is 510 g/mol. The highest BCUT2D eigenvalue weighted by Crippen LogP contribution is 2.36. The van der Waals surface area contributed by atoms with Crippen molar-refractivity contribution in [1.82, 2.24) is 15.2 Å². The molecule has 1 aromatic heterocycles. The Morgan fingerprint density at radius 2 is 1.86 bits per heavy atom. The van der Waals surface area contributed by atoms with E-state index in [0.29, 0.717) is 40.3 Å². The number of H-pyrrole nitrogens is 1. The maximum atomic E-state index is 12.9. The van der Waals surface area contributed by atoms with Gasteiger partial charge in [-0.2, -0.15) is 0 Å². The molecule has 0 bridgehead atoms. The smallest absolute Gasteiger partial charge is 0.352 e. The van der Waals surface area contributed by atoms with Crippen molar-refractivity contribution >= 4 is 41.1 Å². The number of esters is 2. The Balaban J connectivity index is 1.82. The molecule has 3 rings (SSSR count). The molecule has 2 aromatic rings. The highest BCUT2D eigenvalue weighted by Gasteiger charge is 2.27. The maximum absolute atomic E-state index is 12.9. The first-order chi connectivity index (χ1) is 17.5. The van der Waals surface area contributed by atoms with Crippen LogP contribution in [-0.2, 0) is 19.1 Å². The van der Waals surface area contributed by atoms with Crippen LogP contribution in [0.25, 0.3) is 11.6 Å². The molecule has 2 heterocycles. The van der Waals surface area contributed by atoms with Crippen molar-refractivity contribution in [2.24, 2.45) is 0 Å². The number of likely N-dealkylation sites (N-methyl/N-ethyl adjacent to an activating group) is 1. The predicted octanol–water partition coefficient (Wildman–Crippen LogP) is 3.05. The molecular formula is C27H34N4O6. The summed E-state index contributed by atoms with van der Waals surface area (Å²) >= 11 is 0. The molecule has 198 valence electrons. The van der Waals surface area contributed by atoms with Gasteiger partial charge in [0.1, 0.15) is 5.75 Å². The van der Waals surface area contributed by atoms with Gasteiger partial charge in [0.15, 0.2) is 6.10 Å². The molecule has 1 aromatic carbocycles. The van der Waals surface area contributed by atoms with E-state index in [0.717, 1.165) is 25.2 Å². The van der Waals surface area contributed by atoms with E-state index < -0.39 is 18.0 Å². The Morgan fingerprint density at radius 3 is 2.51 bits per heavy atom. The van der Waals surface area contributed by atoms with Gasteiger partial charge in [-0.15, -0.1) is 0 Å². The number of aromatic nitrogens is 1. The standard InChI is InChI=1S/C27H34N4O6/c1-7-31(8-2)12-11-28-26(34)24-15(3)23(29-16(24)4)14-21-20-13-19(9-10-22(20)30-25(21)33)37-27(35)17(5)36-18(6)32/h9-10,13-14,17,29H,7-8,11-12H2,1-6H3,(H,28,34)(H,30,33)/b21-14-. The number of ether oxygens (including phenoxy) is 2. The molecule has 0 fully saturated rings. The van der Waals surface area contributed by atoms with Gasteiger partial charge < -0.3 is 30.0 Å². The number of aromatic amines is 1. The quantitative estimate of drug-likeness (QED) is 0.254. The molecule has 3 N–H and O–H groups in total. The van der Waals surface area contributed by atoms with E-state index in [9.17, 15) is 19.2 Å².